The van der Waals surface area contributed by atoms with E-state index in [9.17, 15) is 9.59 Å². The molecule has 0 bridgehead atoms. The van der Waals surface area contributed by atoms with E-state index in [4.69, 9.17) is 4.74 Å². The second-order valence-electron chi connectivity index (χ2n) is 8.60. The number of benzene rings is 2. The van der Waals surface area contributed by atoms with Gasteiger partial charge in [-0.2, -0.15) is 11.8 Å². The van der Waals surface area contributed by atoms with Crippen LogP contribution in [0, 0.1) is 5.92 Å². The number of nitrogens with zero attached hydrogens (tertiary/aromatic N) is 1. The predicted octanol–water partition coefficient (Wildman–Crippen LogP) is 5.41. The van der Waals surface area contributed by atoms with Crippen LogP contribution in [0.15, 0.2) is 60.7 Å². The van der Waals surface area contributed by atoms with E-state index < -0.39 is 0 Å². The minimum absolute atomic E-state index is 0.00422. The summed E-state index contributed by atoms with van der Waals surface area (Å²) in [5.74, 6) is 2.21. The van der Waals surface area contributed by atoms with Crippen LogP contribution in [0.25, 0.3) is 0 Å². The lowest BCUT2D eigenvalue weighted by Gasteiger charge is -2.37. The Kier molecular flexibility index (Phi) is 9.11. The van der Waals surface area contributed by atoms with Gasteiger partial charge in [-0.1, -0.05) is 60.7 Å². The first kappa shape index (κ1) is 24.7. The second-order valence-corrected chi connectivity index (χ2v) is 11.3. The second kappa shape index (κ2) is 11.8. The molecule has 2 aromatic carbocycles. The minimum atomic E-state index is -0.327. The van der Waals surface area contributed by atoms with Crippen molar-refractivity contribution in [2.45, 2.75) is 49.5 Å². The smallest absolute Gasteiger partial charge is 0.325 e. The van der Waals surface area contributed by atoms with Crippen LogP contribution in [-0.2, 0) is 25.8 Å². The Morgan fingerprint density at radius 1 is 1.03 bits per heavy atom. The van der Waals surface area contributed by atoms with Crippen molar-refractivity contribution in [1.82, 2.24) is 4.90 Å². The third-order valence-electron chi connectivity index (χ3n) is 5.81. The van der Waals surface area contributed by atoms with Gasteiger partial charge >= 0.3 is 5.97 Å². The first-order chi connectivity index (χ1) is 15.4. The van der Waals surface area contributed by atoms with E-state index in [0.717, 1.165) is 23.7 Å². The van der Waals surface area contributed by atoms with Crippen LogP contribution in [-0.4, -0.2) is 46.5 Å². The molecule has 0 N–H and O–H groups in total. The van der Waals surface area contributed by atoms with Gasteiger partial charge in [-0.05, 0) is 38.3 Å². The third-order valence-corrected chi connectivity index (χ3v) is 8.48. The van der Waals surface area contributed by atoms with Crippen molar-refractivity contribution >= 4 is 35.4 Å². The van der Waals surface area contributed by atoms with E-state index >= 15 is 0 Å². The average molecular weight is 472 g/mol. The van der Waals surface area contributed by atoms with Gasteiger partial charge in [0.05, 0.1) is 6.61 Å². The topological polar surface area (TPSA) is 46.6 Å². The summed E-state index contributed by atoms with van der Waals surface area (Å²) in [7, 11) is 0. The van der Waals surface area contributed by atoms with E-state index in [1.807, 2.05) is 36.0 Å². The molecule has 1 saturated heterocycles. The standard InChI is InChI=1S/C26H33NO3S2/c1-4-30-24(28)16-27-23(26(2,3)32-18-21-13-9-6-10-14-21)15-22(25(27)29)19-31-17-20-11-7-5-8-12-20/h5-14,22-23H,4,15-19H2,1-3H3. The summed E-state index contributed by atoms with van der Waals surface area (Å²) < 4.78 is 4.99. The highest BCUT2D eigenvalue weighted by atomic mass is 32.2. The molecule has 1 aliphatic heterocycles. The van der Waals surface area contributed by atoms with Crippen LogP contribution in [0.2, 0.25) is 0 Å². The zero-order valence-corrected chi connectivity index (χ0v) is 20.8. The van der Waals surface area contributed by atoms with Crippen molar-refractivity contribution in [2.24, 2.45) is 5.92 Å². The van der Waals surface area contributed by atoms with E-state index in [0.29, 0.717) is 6.61 Å². The Labute approximate surface area is 200 Å². The van der Waals surface area contributed by atoms with E-state index in [-0.39, 0.29) is 35.1 Å². The lowest BCUT2D eigenvalue weighted by atomic mass is 9.97. The maximum atomic E-state index is 13.3. The van der Waals surface area contributed by atoms with E-state index in [1.54, 1.807) is 23.6 Å². The Bertz CT molecular complexity index is 873. The molecule has 3 rings (SSSR count). The van der Waals surface area contributed by atoms with Crippen molar-refractivity contribution in [3.8, 4) is 0 Å². The van der Waals surface area contributed by atoms with Gasteiger partial charge in [-0.3, -0.25) is 9.59 Å². The molecule has 32 heavy (non-hydrogen) atoms. The third kappa shape index (κ3) is 6.79. The van der Waals surface area contributed by atoms with Crippen molar-refractivity contribution in [3.63, 3.8) is 0 Å². The average Bonchev–Trinajstić information content (AvgIpc) is 3.10. The molecular weight excluding hydrogens is 438 g/mol. The zero-order valence-electron chi connectivity index (χ0n) is 19.2. The number of rotatable bonds is 11. The summed E-state index contributed by atoms with van der Waals surface area (Å²) in [6.07, 6.45) is 0.773. The summed E-state index contributed by atoms with van der Waals surface area (Å²) in [5.41, 5.74) is 2.53. The fourth-order valence-corrected chi connectivity index (χ4v) is 6.31. The van der Waals surface area contributed by atoms with Crippen molar-refractivity contribution in [1.29, 1.82) is 0 Å². The first-order valence-corrected chi connectivity index (χ1v) is 13.3. The van der Waals surface area contributed by atoms with Crippen LogP contribution >= 0.6 is 23.5 Å². The summed E-state index contributed by atoms with van der Waals surface area (Å²) in [5, 5.41) is 0. The number of hydrogen-bond donors (Lipinski definition) is 0. The highest BCUT2D eigenvalue weighted by Gasteiger charge is 2.47. The van der Waals surface area contributed by atoms with Crippen LogP contribution in [0.1, 0.15) is 38.3 Å². The number of hydrogen-bond acceptors (Lipinski definition) is 5. The molecule has 4 nitrogen and oxygen atoms in total. The SMILES string of the molecule is CCOC(=O)CN1C(=O)C(CSCc2ccccc2)CC1C(C)(C)SCc1ccccc1. The molecule has 0 aliphatic carbocycles. The van der Waals surface area contributed by atoms with Gasteiger partial charge in [0, 0.05) is 34.0 Å². The normalized spacial score (nSPS) is 18.7. The number of likely N-dealkylation sites (tertiary alicyclic amines) is 1. The molecule has 1 fully saturated rings. The largest absolute Gasteiger partial charge is 0.465 e. The molecule has 0 radical (unpaired) electrons. The molecule has 2 aromatic rings. The lowest BCUT2D eigenvalue weighted by molar-refractivity contribution is -0.149. The summed E-state index contributed by atoms with van der Waals surface area (Å²) >= 11 is 3.64. The summed E-state index contributed by atoms with van der Waals surface area (Å²) in [6, 6.07) is 20.7. The number of esters is 1. The summed E-state index contributed by atoms with van der Waals surface area (Å²) in [4.78, 5) is 27.4. The molecule has 0 aromatic heterocycles. The number of carbonyl (C=O) groups is 2. The lowest BCUT2D eigenvalue weighted by Crippen LogP contribution is -2.47. The van der Waals surface area contributed by atoms with Crippen LogP contribution < -0.4 is 0 Å². The minimum Gasteiger partial charge on any atom is -0.465 e. The number of thioether (sulfide) groups is 2. The Balaban J connectivity index is 1.67. The quantitative estimate of drug-likeness (QED) is 0.410. The van der Waals surface area contributed by atoms with E-state index in [1.165, 1.54) is 11.1 Å². The van der Waals surface area contributed by atoms with Crippen molar-refractivity contribution < 1.29 is 14.3 Å². The fraction of sp³-hybridized carbons (Fsp3) is 0.462. The number of ether oxygens (including phenoxy) is 1. The summed E-state index contributed by atoms with van der Waals surface area (Å²) in [6.45, 7) is 6.54. The molecule has 6 heteroatoms. The van der Waals surface area contributed by atoms with Crippen molar-refractivity contribution in [3.05, 3.63) is 71.8 Å². The van der Waals surface area contributed by atoms with Gasteiger partial charge < -0.3 is 9.64 Å². The number of carbonyl (C=O) groups excluding carboxylic acids is 2. The highest BCUT2D eigenvalue weighted by Crippen LogP contribution is 2.41. The van der Waals surface area contributed by atoms with Crippen LogP contribution in [0.5, 0.6) is 0 Å². The van der Waals surface area contributed by atoms with Gasteiger partial charge in [0.1, 0.15) is 6.54 Å². The molecule has 1 heterocycles. The van der Waals surface area contributed by atoms with Crippen LogP contribution in [0.3, 0.4) is 0 Å². The molecule has 172 valence electrons. The number of amides is 1. The predicted molar refractivity (Wildman–Crippen MR) is 135 cm³/mol. The monoisotopic (exact) mass is 471 g/mol. The van der Waals surface area contributed by atoms with Gasteiger partial charge in [0.2, 0.25) is 5.91 Å². The highest BCUT2D eigenvalue weighted by molar-refractivity contribution is 7.99. The van der Waals surface area contributed by atoms with Gasteiger partial charge in [0.25, 0.3) is 0 Å². The first-order valence-electron chi connectivity index (χ1n) is 11.2. The molecule has 1 amide bonds. The maximum absolute atomic E-state index is 13.3. The molecule has 0 saturated carbocycles. The van der Waals surface area contributed by atoms with Crippen LogP contribution in [0.4, 0.5) is 0 Å². The van der Waals surface area contributed by atoms with E-state index in [2.05, 4.69) is 50.2 Å². The molecular formula is C26H33NO3S2. The maximum Gasteiger partial charge on any atom is 0.325 e. The van der Waals surface area contributed by atoms with Gasteiger partial charge in [0.15, 0.2) is 0 Å². The molecule has 0 spiro atoms. The van der Waals surface area contributed by atoms with Gasteiger partial charge in [-0.25, -0.2) is 0 Å². The molecule has 2 unspecified atom stereocenters. The fourth-order valence-electron chi connectivity index (χ4n) is 4.05. The Morgan fingerprint density at radius 3 is 2.22 bits per heavy atom. The zero-order chi connectivity index (χ0) is 23.0. The van der Waals surface area contributed by atoms with Gasteiger partial charge in [-0.15, -0.1) is 11.8 Å². The molecule has 2 atom stereocenters. The Hall–Kier alpha value is -1.92. The van der Waals surface area contributed by atoms with Crippen molar-refractivity contribution in [2.75, 3.05) is 18.9 Å². The molecule has 1 aliphatic rings. The Morgan fingerprint density at radius 2 is 1.62 bits per heavy atom.